The lowest BCUT2D eigenvalue weighted by atomic mass is 9.47. The fourth-order valence-electron chi connectivity index (χ4n) is 8.67. The summed E-state index contributed by atoms with van der Waals surface area (Å²) in [5, 5.41) is 5.51. The first-order chi connectivity index (χ1) is 15.1. The third kappa shape index (κ3) is 3.20. The molecule has 5 heteroatoms. The molecule has 0 aromatic carbocycles. The van der Waals surface area contributed by atoms with Crippen molar-refractivity contribution in [3.63, 3.8) is 0 Å². The Hall–Kier alpha value is -1.36. The van der Waals surface area contributed by atoms with Crippen molar-refractivity contribution in [2.45, 2.75) is 90.6 Å². The van der Waals surface area contributed by atoms with E-state index in [2.05, 4.69) is 55.4 Å². The Morgan fingerprint density at radius 3 is 2.56 bits per heavy atom. The summed E-state index contributed by atoms with van der Waals surface area (Å²) in [6.07, 6.45) is 8.68. The second-order valence-electron chi connectivity index (χ2n) is 12.2. The first kappa shape index (κ1) is 22.4. The Kier molecular flexibility index (Phi) is 5.31. The van der Waals surface area contributed by atoms with Crippen LogP contribution in [0.3, 0.4) is 0 Å². The predicted molar refractivity (Wildman–Crippen MR) is 129 cm³/mol. The summed E-state index contributed by atoms with van der Waals surface area (Å²) in [4.78, 5) is 29.3. The number of carbonyl (C=O) groups excluding carboxylic acids is 2. The highest BCUT2D eigenvalue weighted by atomic mass is 32.1. The molecule has 7 atom stereocenters. The van der Waals surface area contributed by atoms with Crippen LogP contribution in [0.15, 0.2) is 17.5 Å². The first-order valence-corrected chi connectivity index (χ1v) is 13.6. The molecule has 1 saturated heterocycles. The molecule has 1 aromatic heterocycles. The molecule has 4 nitrogen and oxygen atoms in total. The van der Waals surface area contributed by atoms with Crippen molar-refractivity contribution in [3.8, 4) is 0 Å². The molecule has 0 unspecified atom stereocenters. The fraction of sp³-hybridized carbons (Fsp3) is 0.778. The third-order valence-electron chi connectivity index (χ3n) is 10.4. The van der Waals surface area contributed by atoms with Gasteiger partial charge in [0.2, 0.25) is 11.8 Å². The average molecular weight is 457 g/mol. The van der Waals surface area contributed by atoms with Gasteiger partial charge in [0.15, 0.2) is 0 Å². The maximum atomic E-state index is 13.6. The summed E-state index contributed by atoms with van der Waals surface area (Å²) >= 11 is 1.72. The number of thiophene rings is 1. The standard InChI is InChI=1S/C27H40N2O2S/c1-25(2,22-7-6-16-32-22)28-24(31)20-10-9-18-17-8-11-21-27(4,15-13-23(30)29(21)5)19(17)12-14-26(18,20)3/h6-7,16-21H,8-15H2,1-5H3,(H,28,31)/t17-,18-,19-,20+,21+,26-,27+/m0/s1. The van der Waals surface area contributed by atoms with E-state index in [1.807, 2.05) is 7.05 Å². The molecule has 3 aliphatic carbocycles. The van der Waals surface area contributed by atoms with Crippen LogP contribution in [-0.2, 0) is 15.1 Å². The lowest BCUT2D eigenvalue weighted by molar-refractivity contribution is -0.160. The Morgan fingerprint density at radius 1 is 1.09 bits per heavy atom. The van der Waals surface area contributed by atoms with Crippen molar-refractivity contribution in [2.24, 2.45) is 34.5 Å². The van der Waals surface area contributed by atoms with E-state index in [0.717, 1.165) is 25.7 Å². The van der Waals surface area contributed by atoms with Crippen LogP contribution in [0.1, 0.15) is 83.9 Å². The van der Waals surface area contributed by atoms with Crippen LogP contribution in [-0.4, -0.2) is 29.8 Å². The van der Waals surface area contributed by atoms with E-state index in [9.17, 15) is 9.59 Å². The summed E-state index contributed by atoms with van der Waals surface area (Å²) in [7, 11) is 2.03. The lowest BCUT2D eigenvalue weighted by Crippen LogP contribution is -2.61. The SMILES string of the molecule is CN1C(=O)CC[C@]2(C)[C@H]3CC[C@]4(C)[C@@H](C(=O)NC(C)(C)c5cccs5)CC[C@H]4[C@@H]3CC[C@@H]12. The van der Waals surface area contributed by atoms with Crippen LogP contribution in [0.4, 0.5) is 0 Å². The molecule has 3 saturated carbocycles. The number of nitrogens with one attached hydrogen (secondary N) is 1. The first-order valence-electron chi connectivity index (χ1n) is 12.7. The van der Waals surface area contributed by atoms with Gasteiger partial charge >= 0.3 is 0 Å². The summed E-state index contributed by atoms with van der Waals surface area (Å²) < 4.78 is 0. The monoisotopic (exact) mass is 456 g/mol. The van der Waals surface area contributed by atoms with E-state index in [0.29, 0.717) is 36.1 Å². The van der Waals surface area contributed by atoms with Gasteiger partial charge < -0.3 is 10.2 Å². The van der Waals surface area contributed by atoms with Crippen LogP contribution < -0.4 is 5.32 Å². The van der Waals surface area contributed by atoms with Crippen LogP contribution in [0.2, 0.25) is 0 Å². The maximum absolute atomic E-state index is 13.6. The summed E-state index contributed by atoms with van der Waals surface area (Å²) in [5.74, 6) is 2.75. The number of amides is 2. The molecule has 0 bridgehead atoms. The molecule has 4 fully saturated rings. The Labute approximate surface area is 197 Å². The van der Waals surface area contributed by atoms with Crippen molar-refractivity contribution in [3.05, 3.63) is 22.4 Å². The third-order valence-corrected chi connectivity index (χ3v) is 11.6. The molecule has 0 radical (unpaired) electrons. The fourth-order valence-corrected chi connectivity index (χ4v) is 9.48. The van der Waals surface area contributed by atoms with Gasteiger partial charge in [-0.3, -0.25) is 9.59 Å². The normalized spacial score (nSPS) is 41.6. The van der Waals surface area contributed by atoms with Crippen LogP contribution >= 0.6 is 11.3 Å². The quantitative estimate of drug-likeness (QED) is 0.645. The molecule has 32 heavy (non-hydrogen) atoms. The lowest BCUT2D eigenvalue weighted by Gasteiger charge is -2.61. The Balaban J connectivity index is 1.35. The molecule has 1 aliphatic heterocycles. The average Bonchev–Trinajstić information content (AvgIpc) is 3.39. The van der Waals surface area contributed by atoms with E-state index < -0.39 is 0 Å². The minimum Gasteiger partial charge on any atom is -0.346 e. The van der Waals surface area contributed by atoms with Gasteiger partial charge in [0.1, 0.15) is 0 Å². The number of hydrogen-bond donors (Lipinski definition) is 1. The molecule has 4 aliphatic rings. The minimum absolute atomic E-state index is 0.108. The molecule has 1 aromatic rings. The molecular formula is C27H40N2O2S. The number of nitrogens with zero attached hydrogens (tertiary/aromatic N) is 1. The summed E-state index contributed by atoms with van der Waals surface area (Å²) in [6.45, 7) is 9.16. The van der Waals surface area contributed by atoms with Crippen LogP contribution in [0, 0.1) is 34.5 Å². The van der Waals surface area contributed by atoms with E-state index in [1.54, 1.807) is 11.3 Å². The second kappa shape index (κ2) is 7.58. The molecule has 1 N–H and O–H groups in total. The molecule has 0 spiro atoms. The van der Waals surface area contributed by atoms with E-state index >= 15 is 0 Å². The van der Waals surface area contributed by atoms with Crippen molar-refractivity contribution in [2.75, 3.05) is 7.05 Å². The van der Waals surface area contributed by atoms with E-state index in [1.165, 1.54) is 24.1 Å². The predicted octanol–water partition coefficient (Wildman–Crippen LogP) is 5.58. The highest BCUT2D eigenvalue weighted by Crippen LogP contribution is 2.66. The molecular weight excluding hydrogens is 416 g/mol. The zero-order valence-corrected chi connectivity index (χ0v) is 21.3. The molecule has 5 rings (SSSR count). The largest absolute Gasteiger partial charge is 0.346 e. The minimum atomic E-state index is -0.318. The highest BCUT2D eigenvalue weighted by molar-refractivity contribution is 7.10. The van der Waals surface area contributed by atoms with Gasteiger partial charge in [-0.05, 0) is 98.8 Å². The topological polar surface area (TPSA) is 49.4 Å². The van der Waals surface area contributed by atoms with E-state index in [4.69, 9.17) is 0 Å². The Morgan fingerprint density at radius 2 is 1.84 bits per heavy atom. The number of likely N-dealkylation sites (tertiary alicyclic amines) is 1. The summed E-state index contributed by atoms with van der Waals surface area (Å²) in [5.41, 5.74) is 0.0342. The molecule has 176 valence electrons. The van der Waals surface area contributed by atoms with Gasteiger partial charge in [-0.2, -0.15) is 0 Å². The molecule has 2 amide bonds. The number of piperidine rings is 1. The summed E-state index contributed by atoms with van der Waals surface area (Å²) in [6, 6.07) is 4.59. The number of rotatable bonds is 3. The second-order valence-corrected chi connectivity index (χ2v) is 13.2. The number of fused-ring (bicyclic) bond motifs is 5. The highest BCUT2D eigenvalue weighted by Gasteiger charge is 2.62. The van der Waals surface area contributed by atoms with Gasteiger partial charge in [0.25, 0.3) is 0 Å². The van der Waals surface area contributed by atoms with Crippen molar-refractivity contribution in [1.82, 2.24) is 10.2 Å². The van der Waals surface area contributed by atoms with Crippen molar-refractivity contribution >= 4 is 23.2 Å². The van der Waals surface area contributed by atoms with E-state index in [-0.39, 0.29) is 28.2 Å². The molecule has 2 heterocycles. The van der Waals surface area contributed by atoms with Crippen molar-refractivity contribution < 1.29 is 9.59 Å². The van der Waals surface area contributed by atoms with Gasteiger partial charge in [-0.15, -0.1) is 11.3 Å². The number of carbonyl (C=O) groups is 2. The number of hydrogen-bond acceptors (Lipinski definition) is 3. The van der Waals surface area contributed by atoms with Gasteiger partial charge in [-0.25, -0.2) is 0 Å². The zero-order valence-electron chi connectivity index (χ0n) is 20.4. The van der Waals surface area contributed by atoms with Gasteiger partial charge in [0.05, 0.1) is 5.54 Å². The van der Waals surface area contributed by atoms with Gasteiger partial charge in [-0.1, -0.05) is 19.9 Å². The Bertz CT molecular complexity index is 895. The van der Waals surface area contributed by atoms with Gasteiger partial charge in [0, 0.05) is 30.3 Å². The van der Waals surface area contributed by atoms with Crippen LogP contribution in [0.25, 0.3) is 0 Å². The maximum Gasteiger partial charge on any atom is 0.224 e. The smallest absolute Gasteiger partial charge is 0.224 e. The van der Waals surface area contributed by atoms with Crippen LogP contribution in [0.5, 0.6) is 0 Å². The zero-order chi connectivity index (χ0) is 22.9. The van der Waals surface area contributed by atoms with Crippen molar-refractivity contribution in [1.29, 1.82) is 0 Å².